The second kappa shape index (κ2) is 12.2. The minimum atomic E-state index is 0.305. The molecule has 1 amide bonds. The van der Waals surface area contributed by atoms with E-state index in [9.17, 15) is 4.79 Å². The van der Waals surface area contributed by atoms with Gasteiger partial charge in [0.25, 0.3) is 0 Å². The van der Waals surface area contributed by atoms with Gasteiger partial charge in [-0.25, -0.2) is 9.97 Å². The summed E-state index contributed by atoms with van der Waals surface area (Å²) in [5, 5.41) is 0.744. The molecule has 0 unspecified atom stereocenters. The number of aromatic nitrogens is 2. The van der Waals surface area contributed by atoms with E-state index in [2.05, 4.69) is 40.8 Å². The quantitative estimate of drug-likeness (QED) is 0.451. The largest absolute Gasteiger partial charge is 0.354 e. The highest BCUT2D eigenvalue weighted by molar-refractivity contribution is 6.30. The fourth-order valence-electron chi connectivity index (χ4n) is 4.41. The summed E-state index contributed by atoms with van der Waals surface area (Å²) in [6.45, 7) is 9.55. The van der Waals surface area contributed by atoms with Crippen LogP contribution in [0.25, 0.3) is 0 Å². The van der Waals surface area contributed by atoms with Gasteiger partial charge in [-0.1, -0.05) is 56.3 Å². The molecule has 3 rings (SSSR count). The fourth-order valence-corrected chi connectivity index (χ4v) is 4.54. The van der Waals surface area contributed by atoms with Crippen molar-refractivity contribution in [2.45, 2.75) is 72.1 Å². The summed E-state index contributed by atoms with van der Waals surface area (Å²) < 4.78 is 0. The molecule has 174 valence electrons. The number of nitrogens with zero attached hydrogens (tertiary/aromatic N) is 4. The minimum Gasteiger partial charge on any atom is -0.354 e. The predicted molar refractivity (Wildman–Crippen MR) is 133 cm³/mol. The van der Waals surface area contributed by atoms with Crippen LogP contribution in [-0.2, 0) is 11.2 Å². The van der Waals surface area contributed by atoms with Crippen LogP contribution in [0.3, 0.4) is 0 Å². The summed E-state index contributed by atoms with van der Waals surface area (Å²) >= 11 is 6.07. The molecule has 32 heavy (non-hydrogen) atoms. The van der Waals surface area contributed by atoms with Gasteiger partial charge in [0, 0.05) is 55.3 Å². The smallest absolute Gasteiger partial charge is 0.222 e. The van der Waals surface area contributed by atoms with Crippen LogP contribution in [0.5, 0.6) is 0 Å². The van der Waals surface area contributed by atoms with Crippen LogP contribution >= 0.6 is 11.6 Å². The van der Waals surface area contributed by atoms with Gasteiger partial charge in [0.2, 0.25) is 5.91 Å². The summed E-state index contributed by atoms with van der Waals surface area (Å²) in [6, 6.07) is 7.99. The summed E-state index contributed by atoms with van der Waals surface area (Å²) in [5.74, 6) is 2.11. The molecule has 5 nitrogen and oxygen atoms in total. The van der Waals surface area contributed by atoms with E-state index in [1.807, 2.05) is 19.1 Å². The van der Waals surface area contributed by atoms with Gasteiger partial charge in [-0.15, -0.1) is 0 Å². The van der Waals surface area contributed by atoms with Crippen molar-refractivity contribution in [2.75, 3.05) is 31.1 Å². The Bertz CT molecular complexity index is 884. The maximum absolute atomic E-state index is 12.7. The lowest BCUT2D eigenvalue weighted by atomic mass is 10.0. The van der Waals surface area contributed by atoms with E-state index >= 15 is 0 Å². The van der Waals surface area contributed by atoms with Gasteiger partial charge in [-0.2, -0.15) is 0 Å². The fraction of sp³-hybridized carbons (Fsp3) is 0.577. The molecule has 0 atom stereocenters. The first-order chi connectivity index (χ1) is 15.5. The third-order valence-electron chi connectivity index (χ3n) is 6.24. The zero-order valence-corrected chi connectivity index (χ0v) is 20.6. The molecule has 1 fully saturated rings. The van der Waals surface area contributed by atoms with Gasteiger partial charge in [0.1, 0.15) is 11.6 Å². The molecule has 0 radical (unpaired) electrons. The molecule has 0 spiro atoms. The molecule has 1 aliphatic heterocycles. The van der Waals surface area contributed by atoms with E-state index < -0.39 is 0 Å². The number of anilines is 1. The van der Waals surface area contributed by atoms with Crippen molar-refractivity contribution in [3.05, 3.63) is 51.9 Å². The van der Waals surface area contributed by atoms with Crippen molar-refractivity contribution in [3.63, 3.8) is 0 Å². The highest BCUT2D eigenvalue weighted by Gasteiger charge is 2.23. The van der Waals surface area contributed by atoms with Crippen LogP contribution in [0.1, 0.15) is 74.5 Å². The van der Waals surface area contributed by atoms with E-state index in [1.54, 1.807) is 0 Å². The molecular formula is C26H37ClN4O. The average Bonchev–Trinajstić information content (AvgIpc) is 3.03. The van der Waals surface area contributed by atoms with E-state index in [-0.39, 0.29) is 0 Å². The Balaban J connectivity index is 1.67. The van der Waals surface area contributed by atoms with Gasteiger partial charge < -0.3 is 9.80 Å². The Morgan fingerprint density at radius 2 is 1.72 bits per heavy atom. The first kappa shape index (κ1) is 24.5. The molecule has 1 aromatic carbocycles. The number of amides is 1. The number of unbranched alkanes of at least 4 members (excludes halogenated alkanes) is 4. The van der Waals surface area contributed by atoms with Crippen LogP contribution in [0.4, 0.5) is 5.82 Å². The van der Waals surface area contributed by atoms with Gasteiger partial charge in [-0.3, -0.25) is 4.79 Å². The van der Waals surface area contributed by atoms with Crippen LogP contribution < -0.4 is 4.90 Å². The third kappa shape index (κ3) is 6.93. The first-order valence-electron chi connectivity index (χ1n) is 12.1. The predicted octanol–water partition coefficient (Wildman–Crippen LogP) is 5.74. The number of aryl methyl sites for hydroxylation is 2. The number of rotatable bonds is 9. The van der Waals surface area contributed by atoms with Gasteiger partial charge >= 0.3 is 0 Å². The number of carbonyl (C=O) groups excluding carboxylic acids is 1. The molecule has 2 aromatic rings. The van der Waals surface area contributed by atoms with Crippen LogP contribution in [0.2, 0.25) is 5.02 Å². The summed E-state index contributed by atoms with van der Waals surface area (Å²) in [7, 11) is 0. The Labute approximate surface area is 198 Å². The topological polar surface area (TPSA) is 49.3 Å². The zero-order chi connectivity index (χ0) is 22.9. The van der Waals surface area contributed by atoms with Crippen molar-refractivity contribution < 1.29 is 4.79 Å². The number of halogens is 1. The second-order valence-electron chi connectivity index (χ2n) is 8.85. The SMILES string of the molecule is CCCCCCCC(=O)N1CCCN(c2nc(C)nc(C)c2Cc2ccc(Cl)cc2)CC1. The highest BCUT2D eigenvalue weighted by atomic mass is 35.5. The molecule has 0 bridgehead atoms. The monoisotopic (exact) mass is 456 g/mol. The average molecular weight is 457 g/mol. The van der Waals surface area contributed by atoms with Crippen molar-refractivity contribution in [2.24, 2.45) is 0 Å². The molecule has 0 saturated carbocycles. The normalized spacial score (nSPS) is 14.5. The molecule has 2 heterocycles. The van der Waals surface area contributed by atoms with Crippen molar-refractivity contribution >= 4 is 23.3 Å². The lowest BCUT2D eigenvalue weighted by Crippen LogP contribution is -2.35. The number of benzene rings is 1. The molecule has 0 N–H and O–H groups in total. The summed E-state index contributed by atoms with van der Waals surface area (Å²) in [4.78, 5) is 26.6. The number of carbonyl (C=O) groups is 1. The summed E-state index contributed by atoms with van der Waals surface area (Å²) in [5.41, 5.74) is 3.38. The van der Waals surface area contributed by atoms with E-state index in [1.165, 1.54) is 24.8 Å². The van der Waals surface area contributed by atoms with Crippen LogP contribution in [-0.4, -0.2) is 47.0 Å². The van der Waals surface area contributed by atoms with Gasteiger partial charge in [-0.05, 0) is 44.4 Å². The lowest BCUT2D eigenvalue weighted by Gasteiger charge is -2.26. The maximum Gasteiger partial charge on any atom is 0.222 e. The number of hydrogen-bond acceptors (Lipinski definition) is 4. The van der Waals surface area contributed by atoms with E-state index in [4.69, 9.17) is 16.6 Å². The van der Waals surface area contributed by atoms with E-state index in [0.717, 1.165) is 79.8 Å². The molecule has 1 aromatic heterocycles. The molecule has 1 aliphatic rings. The highest BCUT2D eigenvalue weighted by Crippen LogP contribution is 2.26. The molecule has 6 heteroatoms. The Morgan fingerprint density at radius 3 is 2.47 bits per heavy atom. The molecular weight excluding hydrogens is 420 g/mol. The molecule has 0 aliphatic carbocycles. The van der Waals surface area contributed by atoms with Crippen LogP contribution in [0.15, 0.2) is 24.3 Å². The lowest BCUT2D eigenvalue weighted by molar-refractivity contribution is -0.131. The van der Waals surface area contributed by atoms with Gasteiger partial charge in [0.15, 0.2) is 0 Å². The molecule has 1 saturated heterocycles. The summed E-state index contributed by atoms with van der Waals surface area (Å²) in [6.07, 6.45) is 8.32. The zero-order valence-electron chi connectivity index (χ0n) is 19.9. The van der Waals surface area contributed by atoms with E-state index in [0.29, 0.717) is 12.3 Å². The Hall–Kier alpha value is -2.14. The standard InChI is InChI=1S/C26H37ClN4O/c1-4-5-6-7-8-10-25(32)30-15-9-16-31(18-17-30)26-24(20(2)28-21(3)29-26)19-22-11-13-23(27)14-12-22/h11-14H,4-10,15-19H2,1-3H3. The van der Waals surface area contributed by atoms with Crippen LogP contribution in [0, 0.1) is 13.8 Å². The van der Waals surface area contributed by atoms with Crippen molar-refractivity contribution in [1.82, 2.24) is 14.9 Å². The second-order valence-corrected chi connectivity index (χ2v) is 9.28. The van der Waals surface area contributed by atoms with Gasteiger partial charge in [0.05, 0.1) is 0 Å². The first-order valence-corrected chi connectivity index (χ1v) is 12.5. The Morgan fingerprint density at radius 1 is 0.969 bits per heavy atom. The number of hydrogen-bond donors (Lipinski definition) is 0. The third-order valence-corrected chi connectivity index (χ3v) is 6.49. The maximum atomic E-state index is 12.7. The minimum absolute atomic E-state index is 0.305. The van der Waals surface area contributed by atoms with Crippen molar-refractivity contribution in [1.29, 1.82) is 0 Å². The Kier molecular flexibility index (Phi) is 9.34. The van der Waals surface area contributed by atoms with Crippen molar-refractivity contribution in [3.8, 4) is 0 Å².